The van der Waals surface area contributed by atoms with E-state index < -0.39 is 41.8 Å². The second-order valence-corrected chi connectivity index (χ2v) is 12.4. The van der Waals surface area contributed by atoms with Crippen LogP contribution in [0.25, 0.3) is 11.5 Å². The van der Waals surface area contributed by atoms with Crippen LogP contribution in [-0.4, -0.2) is 91.9 Å². The minimum Gasteiger partial charge on any atom is -0.507 e. The summed E-state index contributed by atoms with van der Waals surface area (Å²) >= 11 is 0. The fourth-order valence-corrected chi connectivity index (χ4v) is 5.70. The molecule has 15 heteroatoms. The molecule has 3 rings (SSSR count). The Kier molecular flexibility index (Phi) is 16.0. The predicted octanol–water partition coefficient (Wildman–Crippen LogP) is 3.59. The highest BCUT2D eigenvalue weighted by molar-refractivity contribution is 5.97. The summed E-state index contributed by atoms with van der Waals surface area (Å²) in [6.45, 7) is 3.87. The highest BCUT2D eigenvalue weighted by Crippen LogP contribution is 2.29. The molecule has 270 valence electrons. The molecule has 1 aromatic heterocycles. The van der Waals surface area contributed by atoms with E-state index in [1.54, 1.807) is 18.2 Å². The number of carbonyl (C=O) groups excluding carboxylic acids is 5. The Morgan fingerprint density at radius 1 is 1.08 bits per heavy atom. The molecule has 6 N–H and O–H groups in total. The van der Waals surface area contributed by atoms with Crippen LogP contribution in [0, 0.1) is 6.92 Å². The summed E-state index contributed by atoms with van der Waals surface area (Å²) in [6, 6.07) is 3.83. The number of hydrogen-bond donors (Lipinski definition) is 6. The van der Waals surface area contributed by atoms with E-state index in [1.165, 1.54) is 13.0 Å². The summed E-state index contributed by atoms with van der Waals surface area (Å²) in [5.41, 5.74) is 0.219. The third-order valence-electron chi connectivity index (χ3n) is 8.45. The van der Waals surface area contributed by atoms with Gasteiger partial charge >= 0.3 is 0 Å². The standard InChI is InChI=1S/C34H50N6O9/c1-3-4-5-6-7-14-24(21-29(43)36-27-17-11-13-20-40(48)34(27)46)35-31(44)26(16-10-12-19-39(47)22-41)37-32(45)30-23(2)49-33(38-30)25-15-8-9-18-28(25)42/h8-9,15,18,22,24,26-27,42,47-48H,3-7,10-14,16-17,19-21H2,1-2H3,(H,35,44)(H,36,43)(H,37,45)/t24-,26-,27-/m0/s1. The van der Waals surface area contributed by atoms with E-state index in [0.717, 1.165) is 32.1 Å². The molecule has 2 heterocycles. The molecule has 49 heavy (non-hydrogen) atoms. The van der Waals surface area contributed by atoms with Gasteiger partial charge in [-0.05, 0) is 64.0 Å². The summed E-state index contributed by atoms with van der Waals surface area (Å²) in [5, 5.41) is 39.1. The fraction of sp³-hybridized carbons (Fsp3) is 0.588. The number of phenolic OH excluding ortho intramolecular Hbond substituents is 1. The molecule has 1 fully saturated rings. The lowest BCUT2D eigenvalue weighted by Gasteiger charge is -2.25. The van der Waals surface area contributed by atoms with Crippen molar-refractivity contribution in [3.8, 4) is 17.2 Å². The van der Waals surface area contributed by atoms with Gasteiger partial charge in [0.15, 0.2) is 5.69 Å². The van der Waals surface area contributed by atoms with Crippen molar-refractivity contribution in [3.05, 3.63) is 35.7 Å². The van der Waals surface area contributed by atoms with Crippen LogP contribution in [0.5, 0.6) is 5.75 Å². The number of nitrogens with one attached hydrogen (secondary N) is 3. The number of phenols is 1. The van der Waals surface area contributed by atoms with Gasteiger partial charge in [-0.3, -0.25) is 34.4 Å². The summed E-state index contributed by atoms with van der Waals surface area (Å²) < 4.78 is 5.66. The average Bonchev–Trinajstić information content (AvgIpc) is 3.40. The Morgan fingerprint density at radius 2 is 1.82 bits per heavy atom. The van der Waals surface area contributed by atoms with Gasteiger partial charge in [-0.2, -0.15) is 0 Å². The molecular weight excluding hydrogens is 636 g/mol. The molecule has 0 aliphatic carbocycles. The van der Waals surface area contributed by atoms with E-state index in [-0.39, 0.29) is 55.4 Å². The average molecular weight is 687 g/mol. The number of unbranched alkanes of at least 4 members (excludes halogenated alkanes) is 5. The SMILES string of the molecule is CCCCCCC[C@@H](CC(=O)N[C@H]1CCCCN(O)C1=O)NC(=O)[C@H](CCCCN(O)C=O)NC(=O)c1nc(-c2ccccc2O)oc1C. The Morgan fingerprint density at radius 3 is 2.55 bits per heavy atom. The van der Waals surface area contributed by atoms with Gasteiger partial charge in [-0.15, -0.1) is 0 Å². The van der Waals surface area contributed by atoms with E-state index in [0.29, 0.717) is 54.2 Å². The lowest BCUT2D eigenvalue weighted by molar-refractivity contribution is -0.167. The van der Waals surface area contributed by atoms with E-state index in [4.69, 9.17) is 4.42 Å². The first-order valence-corrected chi connectivity index (χ1v) is 17.1. The molecule has 1 aliphatic heterocycles. The van der Waals surface area contributed by atoms with Crippen molar-refractivity contribution in [1.29, 1.82) is 0 Å². The number of carbonyl (C=O) groups is 5. The molecule has 3 atom stereocenters. The molecule has 0 unspecified atom stereocenters. The number of hydroxylamine groups is 4. The highest BCUT2D eigenvalue weighted by Gasteiger charge is 2.30. The van der Waals surface area contributed by atoms with Gasteiger partial charge in [0.05, 0.1) is 5.56 Å². The molecule has 0 radical (unpaired) electrons. The van der Waals surface area contributed by atoms with E-state index in [1.807, 2.05) is 0 Å². The van der Waals surface area contributed by atoms with Gasteiger partial charge in [-0.25, -0.2) is 15.1 Å². The van der Waals surface area contributed by atoms with Gasteiger partial charge in [0, 0.05) is 25.6 Å². The smallest absolute Gasteiger partial charge is 0.274 e. The number of aryl methyl sites for hydroxylation is 1. The topological polar surface area (TPSA) is 215 Å². The first-order chi connectivity index (χ1) is 23.5. The lowest BCUT2D eigenvalue weighted by atomic mass is 10.0. The minimum atomic E-state index is -1.07. The number of para-hydroxylation sites is 1. The molecular formula is C34H50N6O9. The summed E-state index contributed by atoms with van der Waals surface area (Å²) in [6.07, 6.45) is 7.94. The molecule has 0 saturated carbocycles. The first-order valence-electron chi connectivity index (χ1n) is 17.1. The zero-order chi connectivity index (χ0) is 35.8. The van der Waals surface area contributed by atoms with Crippen LogP contribution in [0.4, 0.5) is 0 Å². The number of aromatic hydroxyl groups is 1. The van der Waals surface area contributed by atoms with Crippen molar-refractivity contribution in [2.45, 2.75) is 115 Å². The normalized spacial score (nSPS) is 16.0. The van der Waals surface area contributed by atoms with Crippen molar-refractivity contribution >= 4 is 30.0 Å². The van der Waals surface area contributed by atoms with Crippen molar-refractivity contribution in [1.82, 2.24) is 31.1 Å². The number of oxazole rings is 1. The van der Waals surface area contributed by atoms with E-state index in [2.05, 4.69) is 27.9 Å². The predicted molar refractivity (Wildman–Crippen MR) is 177 cm³/mol. The van der Waals surface area contributed by atoms with Crippen LogP contribution >= 0.6 is 0 Å². The van der Waals surface area contributed by atoms with Gasteiger partial charge in [-0.1, -0.05) is 51.2 Å². The zero-order valence-corrected chi connectivity index (χ0v) is 28.4. The molecule has 2 aromatic rings. The summed E-state index contributed by atoms with van der Waals surface area (Å²) in [4.78, 5) is 67.9. The quantitative estimate of drug-likeness (QED) is 0.0515. The minimum absolute atomic E-state index is 0.0316. The number of amides is 5. The molecule has 5 amide bonds. The van der Waals surface area contributed by atoms with Gasteiger partial charge in [0.2, 0.25) is 24.1 Å². The first kappa shape index (κ1) is 38.9. The zero-order valence-electron chi connectivity index (χ0n) is 28.4. The van der Waals surface area contributed by atoms with Crippen LogP contribution in [0.1, 0.15) is 107 Å². The van der Waals surface area contributed by atoms with Crippen molar-refractivity contribution in [2.75, 3.05) is 13.1 Å². The van der Waals surface area contributed by atoms with Gasteiger partial charge in [0.1, 0.15) is 23.6 Å². The number of benzene rings is 1. The Bertz CT molecular complexity index is 1400. The number of nitrogens with zero attached hydrogens (tertiary/aromatic N) is 3. The van der Waals surface area contributed by atoms with Crippen LogP contribution in [0.2, 0.25) is 0 Å². The molecule has 0 bridgehead atoms. The maximum Gasteiger partial charge on any atom is 0.274 e. The summed E-state index contributed by atoms with van der Waals surface area (Å²) in [5.74, 6) is -2.11. The second-order valence-electron chi connectivity index (χ2n) is 12.4. The Hall–Kier alpha value is -4.50. The number of hydrogen-bond acceptors (Lipinski definition) is 10. The maximum absolute atomic E-state index is 13.8. The summed E-state index contributed by atoms with van der Waals surface area (Å²) in [7, 11) is 0. The van der Waals surface area contributed by atoms with Crippen LogP contribution in [0.15, 0.2) is 28.7 Å². The highest BCUT2D eigenvalue weighted by atomic mass is 16.5. The monoisotopic (exact) mass is 686 g/mol. The van der Waals surface area contributed by atoms with Crippen LogP contribution < -0.4 is 16.0 Å². The van der Waals surface area contributed by atoms with Gasteiger partial charge < -0.3 is 25.5 Å². The lowest BCUT2D eigenvalue weighted by Crippen LogP contribution is -2.52. The van der Waals surface area contributed by atoms with Crippen molar-refractivity contribution in [2.24, 2.45) is 0 Å². The molecule has 1 saturated heterocycles. The Labute approximate surface area is 286 Å². The molecule has 1 aliphatic rings. The van der Waals surface area contributed by atoms with Crippen molar-refractivity contribution in [3.63, 3.8) is 0 Å². The van der Waals surface area contributed by atoms with Crippen LogP contribution in [-0.2, 0) is 19.2 Å². The maximum atomic E-state index is 13.8. The van der Waals surface area contributed by atoms with Gasteiger partial charge in [0.25, 0.3) is 11.8 Å². The molecule has 0 spiro atoms. The number of rotatable bonds is 20. The van der Waals surface area contributed by atoms with Crippen LogP contribution in [0.3, 0.4) is 0 Å². The van der Waals surface area contributed by atoms with Crippen molar-refractivity contribution < 1.29 is 43.9 Å². The third-order valence-corrected chi connectivity index (χ3v) is 8.45. The largest absolute Gasteiger partial charge is 0.507 e. The third kappa shape index (κ3) is 12.5. The van der Waals surface area contributed by atoms with E-state index >= 15 is 0 Å². The second kappa shape index (κ2) is 20.1. The Balaban J connectivity index is 1.75. The molecule has 15 nitrogen and oxygen atoms in total. The number of aromatic nitrogens is 1. The molecule has 1 aromatic carbocycles. The fourth-order valence-electron chi connectivity index (χ4n) is 5.70. The van der Waals surface area contributed by atoms with E-state index in [9.17, 15) is 39.5 Å².